The Balaban J connectivity index is 1.74. The van der Waals surface area contributed by atoms with Crippen LogP contribution in [0.15, 0.2) is 31.0 Å². The van der Waals surface area contributed by atoms with Crippen molar-refractivity contribution in [1.82, 2.24) is 24.8 Å². The van der Waals surface area contributed by atoms with Crippen LogP contribution in [0.1, 0.15) is 28.0 Å². The van der Waals surface area contributed by atoms with Gasteiger partial charge >= 0.3 is 0 Å². The molecule has 3 rings (SSSR count). The third-order valence-corrected chi connectivity index (χ3v) is 3.27. The van der Waals surface area contributed by atoms with Gasteiger partial charge in [0, 0.05) is 25.1 Å². The minimum atomic E-state index is -0.257. The average Bonchev–Trinajstić information content (AvgIpc) is 2.56. The maximum Gasteiger partial charge on any atom is 0.274 e. The van der Waals surface area contributed by atoms with Crippen LogP contribution in [0.4, 0.5) is 0 Å². The largest absolute Gasteiger partial charge is 0.368 e. The van der Waals surface area contributed by atoms with Gasteiger partial charge in [0.15, 0.2) is 0 Å². The molecule has 0 spiro atoms. The van der Waals surface area contributed by atoms with Gasteiger partial charge in [-0.3, -0.25) is 19.7 Å². The molecule has 7 nitrogen and oxygen atoms in total. The summed E-state index contributed by atoms with van der Waals surface area (Å²) in [7, 11) is 0. The minimum absolute atomic E-state index is 0.142. The normalized spacial score (nSPS) is 18.5. The van der Waals surface area contributed by atoms with Crippen LogP contribution in [0, 0.1) is 6.92 Å². The second-order valence-corrected chi connectivity index (χ2v) is 4.78. The van der Waals surface area contributed by atoms with E-state index in [4.69, 9.17) is 4.74 Å². The zero-order valence-corrected chi connectivity index (χ0v) is 11.6. The van der Waals surface area contributed by atoms with E-state index in [1.54, 1.807) is 23.5 Å². The van der Waals surface area contributed by atoms with Gasteiger partial charge in [0.05, 0.1) is 36.9 Å². The zero-order chi connectivity index (χ0) is 14.7. The number of nitrogens with zero attached hydrogens (tertiary/aromatic N) is 5. The Morgan fingerprint density at radius 1 is 1.24 bits per heavy atom. The van der Waals surface area contributed by atoms with Crippen molar-refractivity contribution in [3.05, 3.63) is 48.1 Å². The third-order valence-electron chi connectivity index (χ3n) is 3.27. The molecule has 0 N–H and O–H groups in total. The Morgan fingerprint density at radius 3 is 2.86 bits per heavy atom. The Bertz CT molecular complexity index is 617. The molecule has 108 valence electrons. The predicted molar refractivity (Wildman–Crippen MR) is 73.4 cm³/mol. The molecule has 0 radical (unpaired) electrons. The Labute approximate surface area is 122 Å². The molecule has 2 aromatic heterocycles. The molecule has 0 aromatic carbocycles. The molecule has 7 heteroatoms. The maximum absolute atomic E-state index is 12.4. The van der Waals surface area contributed by atoms with Crippen LogP contribution in [0.2, 0.25) is 0 Å². The van der Waals surface area contributed by atoms with E-state index < -0.39 is 0 Å². The van der Waals surface area contributed by atoms with Gasteiger partial charge in [-0.1, -0.05) is 0 Å². The van der Waals surface area contributed by atoms with Gasteiger partial charge in [-0.2, -0.15) is 0 Å². The summed E-state index contributed by atoms with van der Waals surface area (Å²) in [5.41, 5.74) is 1.92. The highest BCUT2D eigenvalue weighted by molar-refractivity contribution is 5.92. The van der Waals surface area contributed by atoms with E-state index in [9.17, 15) is 4.79 Å². The summed E-state index contributed by atoms with van der Waals surface area (Å²) in [6.07, 6.45) is 7.65. The standard InChI is InChI=1S/C14H15N5O2/c1-10-6-18-11(8-17-10)13-9-19(4-5-21-13)14(20)12-7-15-2-3-16-12/h2-3,6-8,13H,4-5,9H2,1H3/t13-/m0/s1. The zero-order valence-electron chi connectivity index (χ0n) is 11.6. The highest BCUT2D eigenvalue weighted by Crippen LogP contribution is 2.20. The van der Waals surface area contributed by atoms with Crippen molar-refractivity contribution in [2.24, 2.45) is 0 Å². The van der Waals surface area contributed by atoms with Crippen molar-refractivity contribution in [2.45, 2.75) is 13.0 Å². The highest BCUT2D eigenvalue weighted by Gasteiger charge is 2.27. The van der Waals surface area contributed by atoms with E-state index in [0.717, 1.165) is 11.4 Å². The lowest BCUT2D eigenvalue weighted by molar-refractivity contribution is -0.0251. The first-order chi connectivity index (χ1) is 10.2. The lowest BCUT2D eigenvalue weighted by atomic mass is 10.2. The van der Waals surface area contributed by atoms with Crippen molar-refractivity contribution in [2.75, 3.05) is 19.7 Å². The van der Waals surface area contributed by atoms with Gasteiger partial charge in [-0.25, -0.2) is 4.98 Å². The summed E-state index contributed by atoms with van der Waals surface area (Å²) in [6.45, 7) is 3.31. The van der Waals surface area contributed by atoms with Crippen molar-refractivity contribution in [3.8, 4) is 0 Å². The van der Waals surface area contributed by atoms with Crippen LogP contribution in [-0.4, -0.2) is 50.4 Å². The lowest BCUT2D eigenvalue weighted by Gasteiger charge is -2.32. The number of aryl methyl sites for hydroxylation is 1. The number of morpholine rings is 1. The van der Waals surface area contributed by atoms with E-state index in [-0.39, 0.29) is 12.0 Å². The molecule has 21 heavy (non-hydrogen) atoms. The molecule has 0 aliphatic carbocycles. The van der Waals surface area contributed by atoms with E-state index in [1.807, 2.05) is 6.92 Å². The Morgan fingerprint density at radius 2 is 2.14 bits per heavy atom. The molecule has 1 aliphatic heterocycles. The van der Waals surface area contributed by atoms with Gasteiger partial charge in [-0.15, -0.1) is 0 Å². The van der Waals surface area contributed by atoms with E-state index in [1.165, 1.54) is 12.4 Å². The molecule has 1 atom stereocenters. The maximum atomic E-state index is 12.4. The highest BCUT2D eigenvalue weighted by atomic mass is 16.5. The van der Waals surface area contributed by atoms with Crippen LogP contribution in [0.25, 0.3) is 0 Å². The first-order valence-electron chi connectivity index (χ1n) is 6.69. The number of hydrogen-bond donors (Lipinski definition) is 0. The summed E-state index contributed by atoms with van der Waals surface area (Å²) >= 11 is 0. The van der Waals surface area contributed by atoms with Crippen molar-refractivity contribution in [1.29, 1.82) is 0 Å². The molecule has 0 bridgehead atoms. The lowest BCUT2D eigenvalue weighted by Crippen LogP contribution is -2.42. The quantitative estimate of drug-likeness (QED) is 0.811. The molecule has 1 aliphatic rings. The third kappa shape index (κ3) is 3.03. The molecule has 1 amide bonds. The number of ether oxygens (including phenoxy) is 1. The van der Waals surface area contributed by atoms with E-state index in [0.29, 0.717) is 25.4 Å². The Hall–Kier alpha value is -2.41. The van der Waals surface area contributed by atoms with Crippen molar-refractivity contribution in [3.63, 3.8) is 0 Å². The van der Waals surface area contributed by atoms with Gasteiger partial charge in [0.2, 0.25) is 0 Å². The number of hydrogen-bond acceptors (Lipinski definition) is 6. The molecular weight excluding hydrogens is 270 g/mol. The minimum Gasteiger partial charge on any atom is -0.368 e. The monoisotopic (exact) mass is 285 g/mol. The number of carbonyl (C=O) groups excluding carboxylic acids is 1. The molecule has 2 aromatic rings. The number of aromatic nitrogens is 4. The molecule has 0 saturated carbocycles. The summed E-state index contributed by atoms with van der Waals surface area (Å²) in [5.74, 6) is -0.142. The second-order valence-electron chi connectivity index (χ2n) is 4.78. The molecule has 1 saturated heterocycles. The van der Waals surface area contributed by atoms with E-state index >= 15 is 0 Å². The smallest absolute Gasteiger partial charge is 0.274 e. The van der Waals surface area contributed by atoms with Gasteiger partial charge in [0.25, 0.3) is 5.91 Å². The van der Waals surface area contributed by atoms with Crippen molar-refractivity contribution < 1.29 is 9.53 Å². The predicted octanol–water partition coefficient (Wildman–Crippen LogP) is 0.789. The number of carbonyl (C=O) groups is 1. The van der Waals surface area contributed by atoms with Crippen LogP contribution in [0.3, 0.4) is 0 Å². The second kappa shape index (κ2) is 5.92. The first kappa shape index (κ1) is 13.6. The summed E-state index contributed by atoms with van der Waals surface area (Å²) in [4.78, 5) is 30.6. The average molecular weight is 285 g/mol. The fraction of sp³-hybridized carbons (Fsp3) is 0.357. The van der Waals surface area contributed by atoms with Crippen LogP contribution < -0.4 is 0 Å². The summed E-state index contributed by atoms with van der Waals surface area (Å²) in [5, 5.41) is 0. The fourth-order valence-electron chi connectivity index (χ4n) is 2.15. The molecular formula is C14H15N5O2. The van der Waals surface area contributed by atoms with E-state index in [2.05, 4.69) is 19.9 Å². The van der Waals surface area contributed by atoms with Gasteiger partial charge < -0.3 is 9.64 Å². The first-order valence-corrected chi connectivity index (χ1v) is 6.69. The SMILES string of the molecule is Cc1cnc([C@@H]2CN(C(=O)c3cnccn3)CCO2)cn1. The molecule has 3 heterocycles. The molecule has 0 unspecified atom stereocenters. The van der Waals surface area contributed by atoms with Crippen LogP contribution in [-0.2, 0) is 4.74 Å². The molecule has 1 fully saturated rings. The number of amides is 1. The Kier molecular flexibility index (Phi) is 3.83. The summed E-state index contributed by atoms with van der Waals surface area (Å²) in [6, 6.07) is 0. The fourth-order valence-corrected chi connectivity index (χ4v) is 2.15. The summed E-state index contributed by atoms with van der Waals surface area (Å²) < 4.78 is 5.69. The van der Waals surface area contributed by atoms with Crippen LogP contribution >= 0.6 is 0 Å². The van der Waals surface area contributed by atoms with Gasteiger partial charge in [-0.05, 0) is 6.92 Å². The number of rotatable bonds is 2. The van der Waals surface area contributed by atoms with Gasteiger partial charge in [0.1, 0.15) is 11.8 Å². The van der Waals surface area contributed by atoms with Crippen molar-refractivity contribution >= 4 is 5.91 Å². The van der Waals surface area contributed by atoms with Crippen LogP contribution in [0.5, 0.6) is 0 Å². The topological polar surface area (TPSA) is 81.1 Å².